The Morgan fingerprint density at radius 1 is 0.189 bits per heavy atom. The first kappa shape index (κ1) is 42.9. The van der Waals surface area contributed by atoms with Crippen LogP contribution < -0.4 is 0 Å². The quantitative estimate of drug-likeness (QED) is 0.145. The van der Waals surface area contributed by atoms with E-state index in [1.54, 1.807) is 0 Å². The third-order valence-electron chi connectivity index (χ3n) is 14.4. The normalized spacial score (nSPS) is 11.5. The fourth-order valence-electron chi connectivity index (χ4n) is 10.8. The second-order valence-corrected chi connectivity index (χ2v) is 18.8. The molecular weight excluding hydrogens is 899 g/mol. The van der Waals surface area contributed by atoms with Crippen molar-refractivity contribution in [2.24, 2.45) is 0 Å². The fraction of sp³-hybridized carbons (Fsp3) is 0. The molecule has 5 heteroatoms. The van der Waals surface area contributed by atoms with Gasteiger partial charge in [0.2, 0.25) is 0 Å². The van der Waals surface area contributed by atoms with E-state index in [2.05, 4.69) is 264 Å². The lowest BCUT2D eigenvalue weighted by atomic mass is 9.92. The van der Waals surface area contributed by atoms with Gasteiger partial charge in [0.15, 0.2) is 17.5 Å². The lowest BCUT2D eigenvalue weighted by molar-refractivity contribution is 1.07. The molecule has 0 saturated carbocycles. The highest BCUT2D eigenvalue weighted by Gasteiger charge is 2.17. The predicted octanol–water partition coefficient (Wildman–Crippen LogP) is 17.7. The number of benzene rings is 11. The van der Waals surface area contributed by atoms with E-state index in [4.69, 9.17) is 15.0 Å². The van der Waals surface area contributed by atoms with Gasteiger partial charge in [0.25, 0.3) is 0 Å². The van der Waals surface area contributed by atoms with Gasteiger partial charge < -0.3 is 9.13 Å². The van der Waals surface area contributed by atoms with Crippen molar-refractivity contribution < 1.29 is 0 Å². The fourth-order valence-corrected chi connectivity index (χ4v) is 10.8. The second-order valence-electron chi connectivity index (χ2n) is 18.8. The maximum atomic E-state index is 5.18. The SMILES string of the molecule is c1ccc(-c2cc(-c3ccc(-n4c5ccccc5c5ccccc54)cc3)cc(-c3cccc(-c4cccc(-c5nc(-c6ccccc6)nc(-c6ccc(-n7c8ccccc8c8ccccc87)cc6)n5)c4)c3)c2)cc1. The van der Waals surface area contributed by atoms with Crippen LogP contribution in [-0.4, -0.2) is 24.1 Å². The molecule has 0 spiro atoms. The van der Waals surface area contributed by atoms with Gasteiger partial charge >= 0.3 is 0 Å². The topological polar surface area (TPSA) is 48.5 Å². The molecule has 0 aliphatic carbocycles. The Kier molecular flexibility index (Phi) is 10.4. The summed E-state index contributed by atoms with van der Waals surface area (Å²) in [7, 11) is 0. The molecule has 14 aromatic rings. The van der Waals surface area contributed by atoms with Crippen LogP contribution in [0.4, 0.5) is 0 Å². The Morgan fingerprint density at radius 2 is 0.459 bits per heavy atom. The van der Waals surface area contributed by atoms with Crippen LogP contribution in [0.15, 0.2) is 273 Å². The number of nitrogens with zero attached hydrogens (tertiary/aromatic N) is 5. The Hall–Kier alpha value is -9.97. The predicted molar refractivity (Wildman–Crippen MR) is 307 cm³/mol. The summed E-state index contributed by atoms with van der Waals surface area (Å²) in [6.07, 6.45) is 0. The Morgan fingerprint density at radius 3 is 0.905 bits per heavy atom. The molecule has 3 aromatic heterocycles. The molecule has 74 heavy (non-hydrogen) atoms. The smallest absolute Gasteiger partial charge is 0.164 e. The summed E-state index contributed by atoms with van der Waals surface area (Å²) in [5.74, 6) is 1.85. The van der Waals surface area contributed by atoms with E-state index < -0.39 is 0 Å². The average molecular weight is 944 g/mol. The molecule has 0 unspecified atom stereocenters. The van der Waals surface area contributed by atoms with Crippen LogP contribution in [0.3, 0.4) is 0 Å². The highest BCUT2D eigenvalue weighted by atomic mass is 15.0. The van der Waals surface area contributed by atoms with E-state index in [0.717, 1.165) is 67.0 Å². The van der Waals surface area contributed by atoms with Gasteiger partial charge in [0, 0.05) is 49.6 Å². The van der Waals surface area contributed by atoms with Crippen molar-refractivity contribution in [3.05, 3.63) is 273 Å². The van der Waals surface area contributed by atoms with Gasteiger partial charge in [-0.25, -0.2) is 15.0 Å². The van der Waals surface area contributed by atoms with Gasteiger partial charge in [0.05, 0.1) is 22.1 Å². The van der Waals surface area contributed by atoms with Crippen LogP contribution >= 0.6 is 0 Å². The number of fused-ring (bicyclic) bond motifs is 6. The van der Waals surface area contributed by atoms with E-state index in [-0.39, 0.29) is 0 Å². The minimum Gasteiger partial charge on any atom is -0.309 e. The van der Waals surface area contributed by atoms with Gasteiger partial charge in [-0.2, -0.15) is 0 Å². The van der Waals surface area contributed by atoms with E-state index in [1.807, 2.05) is 18.2 Å². The van der Waals surface area contributed by atoms with Gasteiger partial charge in [0.1, 0.15) is 0 Å². The standard InChI is InChI=1S/C69H45N5/c1-3-17-46(18-4-1)54-43-55(47-33-37-57(38-34-47)73-63-29-11-7-25-59(63)60-26-8-12-30-64(60)73)45-56(44-54)52-23-15-21-50(41-52)51-22-16-24-53(42-51)69-71-67(48-19-5-2-6-20-48)70-68(72-69)49-35-39-58(40-36-49)74-65-31-13-9-27-61(65)62-28-10-14-32-66(62)74/h1-45H. The van der Waals surface area contributed by atoms with Gasteiger partial charge in [-0.05, 0) is 136 Å². The van der Waals surface area contributed by atoms with E-state index in [9.17, 15) is 0 Å². The molecule has 5 nitrogen and oxygen atoms in total. The molecule has 0 atom stereocenters. The van der Waals surface area contributed by atoms with Crippen LogP contribution in [0, 0.1) is 0 Å². The summed E-state index contributed by atoms with van der Waals surface area (Å²) in [6, 6.07) is 97.3. The third-order valence-corrected chi connectivity index (χ3v) is 14.4. The second kappa shape index (κ2) is 18.0. The van der Waals surface area contributed by atoms with Gasteiger partial charge in [-0.3, -0.25) is 0 Å². The average Bonchev–Trinajstić information content (AvgIpc) is 4.01. The lowest BCUT2D eigenvalue weighted by Gasteiger charge is -2.14. The largest absolute Gasteiger partial charge is 0.309 e. The maximum absolute atomic E-state index is 5.18. The molecule has 0 fully saturated rings. The van der Waals surface area contributed by atoms with E-state index >= 15 is 0 Å². The maximum Gasteiger partial charge on any atom is 0.164 e. The number of aromatic nitrogens is 5. The Labute approximate surface area is 428 Å². The monoisotopic (exact) mass is 943 g/mol. The van der Waals surface area contributed by atoms with Crippen LogP contribution in [0.5, 0.6) is 0 Å². The van der Waals surface area contributed by atoms with Gasteiger partial charge in [-0.1, -0.05) is 182 Å². The number of hydrogen-bond donors (Lipinski definition) is 0. The molecule has 0 amide bonds. The molecule has 11 aromatic carbocycles. The number of para-hydroxylation sites is 4. The first-order chi connectivity index (χ1) is 36.7. The summed E-state index contributed by atoms with van der Waals surface area (Å²) in [6.45, 7) is 0. The molecule has 0 aliphatic heterocycles. The van der Waals surface area contributed by atoms with Crippen molar-refractivity contribution in [3.8, 4) is 90.0 Å². The molecule has 0 bridgehead atoms. The zero-order valence-corrected chi connectivity index (χ0v) is 40.2. The summed E-state index contributed by atoms with van der Waals surface area (Å²) < 4.78 is 4.70. The van der Waals surface area contributed by atoms with E-state index in [0.29, 0.717) is 17.5 Å². The highest BCUT2D eigenvalue weighted by Crippen LogP contribution is 2.38. The number of hydrogen-bond acceptors (Lipinski definition) is 3. The zero-order valence-electron chi connectivity index (χ0n) is 40.2. The molecule has 0 radical (unpaired) electrons. The Bertz CT molecular complexity index is 4010. The van der Waals surface area contributed by atoms with Crippen molar-refractivity contribution >= 4 is 43.6 Å². The minimum atomic E-state index is 0.614. The molecule has 346 valence electrons. The summed E-state index contributed by atoms with van der Waals surface area (Å²) in [5.41, 5.74) is 18.8. The molecule has 0 saturated heterocycles. The molecular formula is C69H45N5. The first-order valence-electron chi connectivity index (χ1n) is 25.1. The Balaban J connectivity index is 0.821. The highest BCUT2D eigenvalue weighted by molar-refractivity contribution is 6.10. The summed E-state index contributed by atoms with van der Waals surface area (Å²) >= 11 is 0. The van der Waals surface area contributed by atoms with Crippen LogP contribution in [0.1, 0.15) is 0 Å². The van der Waals surface area contributed by atoms with Crippen LogP contribution in [-0.2, 0) is 0 Å². The van der Waals surface area contributed by atoms with Crippen molar-refractivity contribution in [3.63, 3.8) is 0 Å². The third kappa shape index (κ3) is 7.63. The lowest BCUT2D eigenvalue weighted by Crippen LogP contribution is -2.00. The van der Waals surface area contributed by atoms with Gasteiger partial charge in [-0.15, -0.1) is 0 Å². The summed E-state index contributed by atoms with van der Waals surface area (Å²) in [5, 5.41) is 4.98. The van der Waals surface area contributed by atoms with Crippen LogP contribution in [0.25, 0.3) is 134 Å². The summed E-state index contributed by atoms with van der Waals surface area (Å²) in [4.78, 5) is 15.4. The molecule has 14 rings (SSSR count). The first-order valence-corrected chi connectivity index (χ1v) is 25.1. The molecule has 0 N–H and O–H groups in total. The van der Waals surface area contributed by atoms with E-state index in [1.165, 1.54) is 49.2 Å². The zero-order chi connectivity index (χ0) is 49.0. The minimum absolute atomic E-state index is 0.614. The number of rotatable bonds is 9. The van der Waals surface area contributed by atoms with Crippen molar-refractivity contribution in [1.29, 1.82) is 0 Å². The van der Waals surface area contributed by atoms with Crippen molar-refractivity contribution in [2.75, 3.05) is 0 Å². The van der Waals surface area contributed by atoms with Crippen molar-refractivity contribution in [1.82, 2.24) is 24.1 Å². The van der Waals surface area contributed by atoms with Crippen molar-refractivity contribution in [2.45, 2.75) is 0 Å². The van der Waals surface area contributed by atoms with Crippen LogP contribution in [0.2, 0.25) is 0 Å². The molecule has 0 aliphatic rings. The molecule has 3 heterocycles.